The van der Waals surface area contributed by atoms with Crippen molar-refractivity contribution in [3.63, 3.8) is 0 Å². The number of benzene rings is 12. The van der Waals surface area contributed by atoms with Gasteiger partial charge in [-0.1, -0.05) is 158 Å². The van der Waals surface area contributed by atoms with Gasteiger partial charge in [0.2, 0.25) is 0 Å². The third-order valence-corrected chi connectivity index (χ3v) is 25.8. The van der Waals surface area contributed by atoms with Crippen LogP contribution in [0.15, 0.2) is 4.42 Å². The van der Waals surface area contributed by atoms with Crippen molar-refractivity contribution in [1.29, 1.82) is 0 Å². The van der Waals surface area contributed by atoms with Gasteiger partial charge in [0, 0.05) is 10.8 Å². The molecule has 33 heteroatoms. The first kappa shape index (κ1) is 62.4. The molecule has 0 radical (unpaired) electrons. The molecule has 0 aliphatic carbocycles. The van der Waals surface area contributed by atoms with Crippen LogP contribution in [0.3, 0.4) is 0 Å². The van der Waals surface area contributed by atoms with Crippen LogP contribution in [-0.4, -0.2) is 251 Å². The fraction of sp³-hybridized carbons (Fsp3) is 0. The van der Waals surface area contributed by atoms with Crippen molar-refractivity contribution in [2.24, 2.45) is 0 Å². The smallest absolute Gasteiger partial charge is 0.143 e. The molecule has 13 aromatic rings. The third-order valence-electron chi connectivity index (χ3n) is 25.8. The summed E-state index contributed by atoms with van der Waals surface area (Å²) in [5.41, 5.74) is 57.0. The lowest BCUT2D eigenvalue weighted by molar-refractivity contribution is 0.675. The van der Waals surface area contributed by atoms with Crippen molar-refractivity contribution in [3.8, 4) is 44.5 Å². The molecule has 0 saturated carbocycles. The number of rotatable bonds is 4. The minimum Gasteiger partial charge on any atom is -0.457 e. The summed E-state index contributed by atoms with van der Waals surface area (Å²) in [7, 11) is 76.8. The molecule has 1 heterocycles. The van der Waals surface area contributed by atoms with Crippen LogP contribution in [0.4, 0.5) is 0 Å². The fourth-order valence-corrected chi connectivity index (χ4v) is 19.1. The number of hydrogen-bond donors (Lipinski definition) is 0. The van der Waals surface area contributed by atoms with Crippen LogP contribution in [0.2, 0.25) is 0 Å². The van der Waals surface area contributed by atoms with Crippen LogP contribution in [0.5, 0.6) is 0 Å². The molecule has 1 aromatic heterocycles. The molecule has 0 N–H and O–H groups in total. The maximum absolute atomic E-state index is 7.17. The summed E-state index contributed by atoms with van der Waals surface area (Å²) in [5, 5.41) is 19.8. The van der Waals surface area contributed by atoms with Crippen molar-refractivity contribution in [2.75, 3.05) is 0 Å². The summed E-state index contributed by atoms with van der Waals surface area (Å²) in [6, 6.07) is 0. The van der Waals surface area contributed by atoms with Crippen LogP contribution in [0.25, 0.3) is 131 Å². The standard InChI is InChI=1S/C56H64B32O/c57-23-15(7-5-1-3-11(33(67)27(5)61)43(77)49(83)45(79)13(3)37(71)35(69)9(1)31(65)29(7)63)24(58)18(25(59)17(23)19-26(60)21-22-48(82)51(85)52(86)54(88)56(22)89-55(21)53(87)47(19)81)20-41(75)39(73)16(40(74)42(20)76)8-6-2-4-12(34(68)28(6)62)44(78)50(84)46(80)14(4)38(72)36(70)10(2)32(66)30(8)64/h57-88H2. The average Bonchev–Trinajstić information content (AvgIpc) is 0.866. The summed E-state index contributed by atoms with van der Waals surface area (Å²) < 4.78 is 7.17. The highest BCUT2D eigenvalue weighted by atomic mass is 16.3. The molecule has 13 rings (SSSR count). The first-order valence-corrected chi connectivity index (χ1v) is 33.2. The van der Waals surface area contributed by atoms with E-state index in [1.54, 1.807) is 0 Å². The fourth-order valence-electron chi connectivity index (χ4n) is 19.1. The van der Waals surface area contributed by atoms with Crippen molar-refractivity contribution in [2.45, 2.75) is 0 Å². The molecule has 0 fully saturated rings. The largest absolute Gasteiger partial charge is 0.457 e. The highest BCUT2D eigenvalue weighted by Gasteiger charge is 2.34. The van der Waals surface area contributed by atoms with E-state index >= 15 is 0 Å². The van der Waals surface area contributed by atoms with Crippen LogP contribution < -0.4 is 175 Å². The zero-order valence-corrected chi connectivity index (χ0v) is 60.4. The molecule has 0 aliphatic heterocycles. The highest BCUT2D eigenvalue weighted by Crippen LogP contribution is 2.37. The van der Waals surface area contributed by atoms with Gasteiger partial charge in [-0.2, -0.15) is 0 Å². The first-order chi connectivity index (χ1) is 41.6. The van der Waals surface area contributed by atoms with Gasteiger partial charge in [0.1, 0.15) is 262 Å². The Morgan fingerprint density at radius 2 is 0.258 bits per heavy atom. The lowest BCUT2D eigenvalue weighted by Crippen LogP contribution is -2.50. The predicted molar refractivity (Wildman–Crippen MR) is 505 cm³/mol. The number of furan rings is 1. The van der Waals surface area contributed by atoms with Gasteiger partial charge in [0.05, 0.1) is 0 Å². The van der Waals surface area contributed by atoms with E-state index in [1.807, 2.05) is 0 Å². The molecule has 0 unspecified atom stereocenters. The van der Waals surface area contributed by atoms with Gasteiger partial charge >= 0.3 is 0 Å². The topological polar surface area (TPSA) is 13.1 Å². The lowest BCUT2D eigenvalue weighted by atomic mass is 9.54. The predicted octanol–water partition coefficient (Wildman–Crippen LogP) is -39.7. The average molecular weight is 1100 g/mol. The Morgan fingerprint density at radius 3 is 0.584 bits per heavy atom. The van der Waals surface area contributed by atoms with E-state index in [2.05, 4.69) is 251 Å². The molecule has 89 heavy (non-hydrogen) atoms. The monoisotopic (exact) mass is 1100 g/mol. The Kier molecular flexibility index (Phi) is 14.4. The molecule has 0 amide bonds. The van der Waals surface area contributed by atoms with Crippen LogP contribution in [-0.2, 0) is 0 Å². The Balaban J connectivity index is 1.24. The summed E-state index contributed by atoms with van der Waals surface area (Å²) in [4.78, 5) is 0. The summed E-state index contributed by atoms with van der Waals surface area (Å²) in [6.45, 7) is 0. The maximum atomic E-state index is 7.17. The van der Waals surface area contributed by atoms with E-state index in [4.69, 9.17) is 4.42 Å². The van der Waals surface area contributed by atoms with Gasteiger partial charge in [-0.3, -0.25) is 0 Å². The van der Waals surface area contributed by atoms with E-state index in [0.29, 0.717) is 0 Å². The Hall–Kier alpha value is -5.40. The third kappa shape index (κ3) is 7.55. The van der Waals surface area contributed by atoms with E-state index in [9.17, 15) is 0 Å². The second-order valence-electron chi connectivity index (χ2n) is 29.0. The van der Waals surface area contributed by atoms with Crippen LogP contribution in [0, 0.1) is 0 Å². The molecule has 0 spiro atoms. The summed E-state index contributed by atoms with van der Waals surface area (Å²) >= 11 is 0. The summed E-state index contributed by atoms with van der Waals surface area (Å²) in [6.07, 6.45) is 0. The Bertz CT molecular complexity index is 5550. The van der Waals surface area contributed by atoms with Gasteiger partial charge in [0.15, 0.2) is 0 Å². The van der Waals surface area contributed by atoms with Crippen LogP contribution >= 0.6 is 0 Å². The van der Waals surface area contributed by atoms with Gasteiger partial charge in [-0.25, -0.2) is 0 Å². The van der Waals surface area contributed by atoms with Crippen molar-refractivity contribution in [1.82, 2.24) is 0 Å². The number of hydrogen-bond acceptors (Lipinski definition) is 1. The second-order valence-corrected chi connectivity index (χ2v) is 29.0. The van der Waals surface area contributed by atoms with Gasteiger partial charge in [0.25, 0.3) is 0 Å². The van der Waals surface area contributed by atoms with Crippen molar-refractivity contribution in [3.05, 3.63) is 0 Å². The minimum atomic E-state index is 1.02. The SMILES string of the molecule is Bc1c(B)c(-c2c(B)c(B)c3c(B)c(B)c4c(B)c(B)c(B)c5c(B)c(B)c2c3c45)c(B)c(B)c1-c1c(B)c(-c2c(B)c(B)c3oc4c(B)c(B)c(B)c(B)c4c3c2B)c(B)c(-c2c(B)c(B)c3c(B)c(B)c4c(B)c(B)c(B)c5c(B)c(B)c2c3c45)c1B. The Labute approximate surface area is 557 Å². The van der Waals surface area contributed by atoms with Crippen molar-refractivity contribution >= 4 is 512 Å². The second kappa shape index (κ2) is 20.5. The maximum Gasteiger partial charge on any atom is 0.143 e. The van der Waals surface area contributed by atoms with E-state index in [0.717, 1.165) is 11.2 Å². The molecule has 0 saturated heterocycles. The summed E-state index contributed by atoms with van der Waals surface area (Å²) in [5.74, 6) is 0. The molecule has 0 aliphatic rings. The quantitative estimate of drug-likeness (QED) is 0.126. The van der Waals surface area contributed by atoms with E-state index < -0.39 is 0 Å². The molecular formula is C56H64B32O. The lowest BCUT2D eigenvalue weighted by Gasteiger charge is -2.33. The van der Waals surface area contributed by atoms with Crippen molar-refractivity contribution < 1.29 is 4.42 Å². The molecule has 0 bridgehead atoms. The first-order valence-electron chi connectivity index (χ1n) is 33.2. The normalized spacial score (nSPS) is 12.1. The molecule has 1 nitrogen and oxygen atoms in total. The highest BCUT2D eigenvalue weighted by molar-refractivity contribution is 6.80. The van der Waals surface area contributed by atoms with E-state index in [-0.39, 0.29) is 0 Å². The van der Waals surface area contributed by atoms with E-state index in [1.165, 1.54) is 295 Å². The molecular weight excluding hydrogens is 1030 g/mol. The van der Waals surface area contributed by atoms with Gasteiger partial charge in [-0.15, -0.1) is 16.4 Å². The zero-order chi connectivity index (χ0) is 65.0. The minimum absolute atomic E-state index is 1.02. The zero-order valence-electron chi connectivity index (χ0n) is 60.4. The number of fused-ring (bicyclic) bond motifs is 3. The Morgan fingerprint density at radius 1 is 0.101 bits per heavy atom. The van der Waals surface area contributed by atoms with Gasteiger partial charge in [-0.05, 0) is 109 Å². The molecule has 12 aromatic carbocycles. The molecule has 390 valence electrons. The van der Waals surface area contributed by atoms with Gasteiger partial charge < -0.3 is 4.42 Å². The molecule has 0 atom stereocenters. The van der Waals surface area contributed by atoms with Crippen LogP contribution in [0.1, 0.15) is 0 Å².